The van der Waals surface area contributed by atoms with Crippen molar-refractivity contribution >= 4 is 26.7 Å². The summed E-state index contributed by atoms with van der Waals surface area (Å²) >= 11 is 0. The molecule has 2 aromatic heterocycles. The summed E-state index contributed by atoms with van der Waals surface area (Å²) in [5, 5.41) is 14.4. The van der Waals surface area contributed by atoms with E-state index in [-0.39, 0.29) is 33.3 Å². The predicted molar refractivity (Wildman–Crippen MR) is 134 cm³/mol. The maximum Gasteiger partial charge on any atom is 0.416 e. The van der Waals surface area contributed by atoms with E-state index < -0.39 is 21.8 Å². The molecule has 1 N–H and O–H groups in total. The molecule has 0 unspecified atom stereocenters. The monoisotopic (exact) mass is 551 g/mol. The highest BCUT2D eigenvalue weighted by molar-refractivity contribution is 7.92. The van der Waals surface area contributed by atoms with Crippen LogP contribution in [0.2, 0.25) is 0 Å². The summed E-state index contributed by atoms with van der Waals surface area (Å²) in [6, 6.07) is 15.6. The molecule has 9 nitrogen and oxygen atoms in total. The number of aromatic nitrogens is 3. The Hall–Kier alpha value is -4.96. The second kappa shape index (κ2) is 9.73. The van der Waals surface area contributed by atoms with Crippen molar-refractivity contribution in [1.82, 2.24) is 15.1 Å². The fourth-order valence-corrected chi connectivity index (χ4v) is 5.04. The summed E-state index contributed by atoms with van der Waals surface area (Å²) in [5.41, 5.74) is 0.489. The Morgan fingerprint density at radius 3 is 2.54 bits per heavy atom. The van der Waals surface area contributed by atoms with Gasteiger partial charge < -0.3 is 9.26 Å². The Labute approximate surface area is 219 Å². The number of benzene rings is 3. The Morgan fingerprint density at radius 1 is 1.03 bits per heavy atom. The van der Waals surface area contributed by atoms with Gasteiger partial charge in [-0.3, -0.25) is 4.98 Å². The number of alkyl halides is 3. The molecule has 0 amide bonds. The molecule has 5 aromatic rings. The van der Waals surface area contributed by atoms with Crippen LogP contribution < -0.4 is 9.46 Å². The Bertz CT molecular complexity index is 1850. The summed E-state index contributed by atoms with van der Waals surface area (Å²) < 4.78 is 77.7. The first-order valence-corrected chi connectivity index (χ1v) is 12.6. The molecule has 0 bridgehead atoms. The van der Waals surface area contributed by atoms with Gasteiger partial charge in [-0.15, -0.1) is 0 Å². The van der Waals surface area contributed by atoms with Gasteiger partial charge in [0.25, 0.3) is 16.0 Å². The molecule has 0 spiro atoms. The summed E-state index contributed by atoms with van der Waals surface area (Å²) in [7, 11) is -2.64. The predicted octanol–water partition coefficient (Wildman–Crippen LogP) is 5.65. The van der Waals surface area contributed by atoms with E-state index in [1.165, 1.54) is 49.7 Å². The maximum absolute atomic E-state index is 13.3. The number of hydrogen-bond donors (Lipinski definition) is 1. The number of sulfonamides is 1. The number of methoxy groups -OCH3 is 1. The molecule has 39 heavy (non-hydrogen) atoms. The molecular formula is C26H16F3N5O4S. The van der Waals surface area contributed by atoms with E-state index in [0.29, 0.717) is 22.0 Å². The summed E-state index contributed by atoms with van der Waals surface area (Å²) in [6.07, 6.45) is -2.10. The lowest BCUT2D eigenvalue weighted by atomic mass is 9.94. The summed E-state index contributed by atoms with van der Waals surface area (Å²) in [5.74, 6) is 0.0389. The number of rotatable bonds is 6. The quantitative estimate of drug-likeness (QED) is 0.286. The number of ether oxygens (including phenoxy) is 1. The first-order chi connectivity index (χ1) is 18.6. The average Bonchev–Trinajstić information content (AvgIpc) is 3.43. The van der Waals surface area contributed by atoms with Gasteiger partial charge in [-0.25, -0.2) is 13.1 Å². The van der Waals surface area contributed by atoms with Crippen LogP contribution in [0, 0.1) is 11.3 Å². The first kappa shape index (κ1) is 25.7. The zero-order valence-electron chi connectivity index (χ0n) is 19.9. The van der Waals surface area contributed by atoms with Gasteiger partial charge in [0.15, 0.2) is 0 Å². The van der Waals surface area contributed by atoms with E-state index in [2.05, 4.69) is 24.4 Å². The number of fused-ring (bicyclic) bond motifs is 1. The normalized spacial score (nSPS) is 11.8. The fraction of sp³-hybridized carbons (Fsp3) is 0.0769. The van der Waals surface area contributed by atoms with Gasteiger partial charge in [-0.2, -0.15) is 23.4 Å². The van der Waals surface area contributed by atoms with Gasteiger partial charge in [-0.05, 0) is 58.6 Å². The Kier molecular flexibility index (Phi) is 6.41. The van der Waals surface area contributed by atoms with Crippen molar-refractivity contribution in [3.8, 4) is 34.2 Å². The van der Waals surface area contributed by atoms with Gasteiger partial charge in [0.1, 0.15) is 5.75 Å². The maximum atomic E-state index is 13.3. The number of hydrogen-bond acceptors (Lipinski definition) is 8. The van der Waals surface area contributed by atoms with Crippen LogP contribution in [-0.2, 0) is 16.2 Å². The molecule has 2 heterocycles. The van der Waals surface area contributed by atoms with Crippen molar-refractivity contribution < 1.29 is 30.8 Å². The number of nitriles is 1. The smallest absolute Gasteiger partial charge is 0.416 e. The Morgan fingerprint density at radius 2 is 1.85 bits per heavy atom. The molecule has 196 valence electrons. The van der Waals surface area contributed by atoms with Crippen LogP contribution in [0.4, 0.5) is 19.1 Å². The molecule has 0 radical (unpaired) electrons. The molecule has 0 saturated carbocycles. The third-order valence-electron chi connectivity index (χ3n) is 5.85. The summed E-state index contributed by atoms with van der Waals surface area (Å²) in [4.78, 5) is 8.01. The fourth-order valence-electron chi connectivity index (χ4n) is 4.06. The van der Waals surface area contributed by atoms with Crippen LogP contribution in [0.25, 0.3) is 33.2 Å². The van der Waals surface area contributed by atoms with Crippen molar-refractivity contribution in [2.24, 2.45) is 0 Å². The molecule has 0 atom stereocenters. The van der Waals surface area contributed by atoms with Crippen LogP contribution in [0.5, 0.6) is 5.75 Å². The molecule has 0 aliphatic heterocycles. The highest BCUT2D eigenvalue weighted by atomic mass is 32.2. The molecule has 0 aliphatic rings. The minimum Gasteiger partial charge on any atom is -0.496 e. The first-order valence-electron chi connectivity index (χ1n) is 11.1. The lowest BCUT2D eigenvalue weighted by Crippen LogP contribution is -2.13. The standard InChI is InChI=1S/C26H16F3N5O4S/c1-37-23-12-21(15-3-2-4-18(9-15)26(27,28)29)17(13-30)11-22(23)24-20-6-5-19(10-16(20)7-8-31-24)39(35,36)34-25-32-14-38-33-25/h2-12,14H,1H3,(H,33,34). The minimum atomic E-state index is -4.55. The van der Waals surface area contributed by atoms with E-state index >= 15 is 0 Å². The second-order valence-corrected chi connectivity index (χ2v) is 9.87. The van der Waals surface area contributed by atoms with Gasteiger partial charge in [-0.1, -0.05) is 18.2 Å². The third kappa shape index (κ3) is 4.97. The largest absolute Gasteiger partial charge is 0.496 e. The second-order valence-electron chi connectivity index (χ2n) is 8.19. The van der Waals surface area contributed by atoms with Crippen molar-refractivity contribution in [2.75, 3.05) is 11.8 Å². The zero-order chi connectivity index (χ0) is 27.8. The highest BCUT2D eigenvalue weighted by Gasteiger charge is 2.31. The molecule has 0 saturated heterocycles. The topological polar surface area (TPSA) is 131 Å². The molecular weight excluding hydrogens is 535 g/mol. The van der Waals surface area contributed by atoms with Crippen molar-refractivity contribution in [3.63, 3.8) is 0 Å². The SMILES string of the molecule is COc1cc(-c2cccc(C(F)(F)F)c2)c(C#N)cc1-c1nccc2cc(S(=O)(=O)Nc3ncon3)ccc12. The van der Waals surface area contributed by atoms with Gasteiger partial charge in [0.2, 0.25) is 6.39 Å². The number of nitrogens with one attached hydrogen (secondary N) is 1. The Balaban J connectivity index is 1.62. The van der Waals surface area contributed by atoms with E-state index in [1.807, 2.05) is 6.07 Å². The highest BCUT2D eigenvalue weighted by Crippen LogP contribution is 2.40. The third-order valence-corrected chi connectivity index (χ3v) is 7.18. The van der Waals surface area contributed by atoms with Crippen LogP contribution in [0.15, 0.2) is 82.7 Å². The molecule has 0 fully saturated rings. The number of nitrogens with zero attached hydrogens (tertiary/aromatic N) is 4. The molecule has 0 aliphatic carbocycles. The lowest BCUT2D eigenvalue weighted by molar-refractivity contribution is -0.137. The number of pyridine rings is 1. The lowest BCUT2D eigenvalue weighted by Gasteiger charge is -2.15. The van der Waals surface area contributed by atoms with Crippen molar-refractivity contribution in [2.45, 2.75) is 11.1 Å². The van der Waals surface area contributed by atoms with Crippen LogP contribution in [-0.4, -0.2) is 30.7 Å². The summed E-state index contributed by atoms with van der Waals surface area (Å²) in [6.45, 7) is 0. The van der Waals surface area contributed by atoms with Gasteiger partial charge >= 0.3 is 6.18 Å². The van der Waals surface area contributed by atoms with Crippen LogP contribution >= 0.6 is 0 Å². The van der Waals surface area contributed by atoms with Crippen molar-refractivity contribution in [3.05, 3.63) is 84.4 Å². The van der Waals surface area contributed by atoms with E-state index in [0.717, 1.165) is 18.5 Å². The molecule has 13 heteroatoms. The van der Waals surface area contributed by atoms with Crippen molar-refractivity contribution in [1.29, 1.82) is 5.26 Å². The van der Waals surface area contributed by atoms with E-state index in [1.54, 1.807) is 12.1 Å². The number of halogens is 3. The molecule has 3 aromatic carbocycles. The van der Waals surface area contributed by atoms with E-state index in [4.69, 9.17) is 4.74 Å². The number of anilines is 1. The van der Waals surface area contributed by atoms with Gasteiger partial charge in [0.05, 0.1) is 34.9 Å². The van der Waals surface area contributed by atoms with Crippen LogP contribution in [0.1, 0.15) is 11.1 Å². The molecule has 5 rings (SSSR count). The zero-order valence-corrected chi connectivity index (χ0v) is 20.7. The van der Waals surface area contributed by atoms with E-state index in [9.17, 15) is 26.9 Å². The van der Waals surface area contributed by atoms with Gasteiger partial charge in [0, 0.05) is 22.7 Å². The minimum absolute atomic E-state index is 0.0680. The van der Waals surface area contributed by atoms with Crippen LogP contribution in [0.3, 0.4) is 0 Å². The average molecular weight is 552 g/mol.